The fourth-order valence-electron chi connectivity index (χ4n) is 3.20. The summed E-state index contributed by atoms with van der Waals surface area (Å²) in [4.78, 5) is 12.4. The van der Waals surface area contributed by atoms with Crippen LogP contribution in [0.3, 0.4) is 0 Å². The first-order chi connectivity index (χ1) is 13.9. The van der Waals surface area contributed by atoms with Gasteiger partial charge in [0.05, 0.1) is 11.9 Å². The van der Waals surface area contributed by atoms with E-state index in [1.807, 2.05) is 54.6 Å². The molecule has 0 atom stereocenters. The van der Waals surface area contributed by atoms with E-state index in [9.17, 15) is 13.2 Å². The number of fused-ring (bicyclic) bond motifs is 1. The zero-order valence-corrected chi connectivity index (χ0v) is 17.7. The standard InChI is InChI=1S/C22H23ClN2O3S/c1-29(27,28)25(21-14-6-10-17-8-2-4-12-19(17)21)16-22(26)24-15-7-11-18-9-3-5-13-20(18)23/h2-6,8-10,12-14H,7,11,15-16H2,1H3,(H,24,26). The van der Waals surface area contributed by atoms with Gasteiger partial charge in [0, 0.05) is 17.0 Å². The van der Waals surface area contributed by atoms with Crippen molar-refractivity contribution >= 4 is 44.0 Å². The molecule has 0 fully saturated rings. The molecule has 0 spiro atoms. The van der Waals surface area contributed by atoms with Crippen LogP contribution in [0.15, 0.2) is 66.7 Å². The molecule has 1 N–H and O–H groups in total. The number of aryl methyl sites for hydroxylation is 1. The third-order valence-corrected chi connectivity index (χ3v) is 6.12. The molecule has 0 unspecified atom stereocenters. The summed E-state index contributed by atoms with van der Waals surface area (Å²) in [7, 11) is -3.63. The van der Waals surface area contributed by atoms with Crippen molar-refractivity contribution in [3.63, 3.8) is 0 Å². The average molecular weight is 431 g/mol. The number of sulfonamides is 1. The maximum absolute atomic E-state index is 12.4. The molecule has 7 heteroatoms. The van der Waals surface area contributed by atoms with E-state index in [1.165, 1.54) is 0 Å². The Balaban J connectivity index is 1.66. The second kappa shape index (κ2) is 9.29. The molecule has 5 nitrogen and oxygen atoms in total. The molecule has 0 aromatic heterocycles. The van der Waals surface area contributed by atoms with Crippen LogP contribution in [-0.4, -0.2) is 33.7 Å². The van der Waals surface area contributed by atoms with E-state index in [0.717, 1.165) is 33.3 Å². The number of rotatable bonds is 8. The molecular weight excluding hydrogens is 408 g/mol. The van der Waals surface area contributed by atoms with Crippen LogP contribution in [0.4, 0.5) is 5.69 Å². The summed E-state index contributed by atoms with van der Waals surface area (Å²) in [6.45, 7) is 0.177. The van der Waals surface area contributed by atoms with Gasteiger partial charge < -0.3 is 5.32 Å². The summed E-state index contributed by atoms with van der Waals surface area (Å²) in [5.74, 6) is -0.345. The molecule has 0 aliphatic rings. The van der Waals surface area contributed by atoms with E-state index in [-0.39, 0.29) is 12.5 Å². The monoisotopic (exact) mass is 430 g/mol. The Bertz CT molecular complexity index is 1110. The molecule has 0 heterocycles. The van der Waals surface area contributed by atoms with Crippen LogP contribution in [0.2, 0.25) is 5.02 Å². The van der Waals surface area contributed by atoms with Gasteiger partial charge in [-0.2, -0.15) is 0 Å². The number of hydrogen-bond acceptors (Lipinski definition) is 3. The summed E-state index contributed by atoms with van der Waals surface area (Å²) in [6, 6.07) is 20.5. The lowest BCUT2D eigenvalue weighted by atomic mass is 10.1. The maximum Gasteiger partial charge on any atom is 0.240 e. The lowest BCUT2D eigenvalue weighted by Crippen LogP contribution is -2.40. The van der Waals surface area contributed by atoms with Crippen molar-refractivity contribution in [1.29, 1.82) is 0 Å². The summed E-state index contributed by atoms with van der Waals surface area (Å²) in [5, 5.41) is 5.21. The molecule has 3 aromatic rings. The number of nitrogens with zero attached hydrogens (tertiary/aromatic N) is 1. The van der Waals surface area contributed by atoms with E-state index in [4.69, 9.17) is 11.6 Å². The third kappa shape index (κ3) is 5.49. The number of anilines is 1. The quantitative estimate of drug-likeness (QED) is 0.549. The first kappa shape index (κ1) is 21.1. The molecule has 29 heavy (non-hydrogen) atoms. The van der Waals surface area contributed by atoms with Crippen molar-refractivity contribution in [3.05, 3.63) is 77.3 Å². The molecule has 152 valence electrons. The van der Waals surface area contributed by atoms with Gasteiger partial charge in [0.1, 0.15) is 6.54 Å². The second-order valence-electron chi connectivity index (χ2n) is 6.81. The minimum atomic E-state index is -3.63. The van der Waals surface area contributed by atoms with Crippen molar-refractivity contribution < 1.29 is 13.2 Å². The van der Waals surface area contributed by atoms with Crippen molar-refractivity contribution in [3.8, 4) is 0 Å². The first-order valence-electron chi connectivity index (χ1n) is 9.32. The molecule has 0 radical (unpaired) electrons. The highest BCUT2D eigenvalue weighted by Crippen LogP contribution is 2.28. The smallest absolute Gasteiger partial charge is 0.240 e. The van der Waals surface area contributed by atoms with Gasteiger partial charge in [-0.1, -0.05) is 66.2 Å². The predicted octanol–water partition coefficient (Wildman–Crippen LogP) is 4.01. The Morgan fingerprint density at radius 1 is 1.00 bits per heavy atom. The van der Waals surface area contributed by atoms with E-state index in [0.29, 0.717) is 23.7 Å². The molecule has 3 aromatic carbocycles. The molecule has 3 rings (SSSR count). The Morgan fingerprint density at radius 3 is 2.45 bits per heavy atom. The van der Waals surface area contributed by atoms with Crippen LogP contribution < -0.4 is 9.62 Å². The Labute approximate surface area is 176 Å². The highest BCUT2D eigenvalue weighted by Gasteiger charge is 2.22. The van der Waals surface area contributed by atoms with Crippen LogP contribution in [0.25, 0.3) is 10.8 Å². The highest BCUT2D eigenvalue weighted by atomic mass is 35.5. The predicted molar refractivity (Wildman–Crippen MR) is 119 cm³/mol. The van der Waals surface area contributed by atoms with Crippen molar-refractivity contribution in [1.82, 2.24) is 5.32 Å². The largest absolute Gasteiger partial charge is 0.355 e. The van der Waals surface area contributed by atoms with Crippen LogP contribution in [-0.2, 0) is 21.2 Å². The minimum Gasteiger partial charge on any atom is -0.355 e. The number of carbonyl (C=O) groups is 1. The van der Waals surface area contributed by atoms with Crippen LogP contribution in [0.1, 0.15) is 12.0 Å². The Morgan fingerprint density at radius 2 is 1.69 bits per heavy atom. The fourth-order valence-corrected chi connectivity index (χ4v) is 4.30. The van der Waals surface area contributed by atoms with Crippen LogP contribution >= 0.6 is 11.6 Å². The van der Waals surface area contributed by atoms with Gasteiger partial charge in [0.25, 0.3) is 0 Å². The van der Waals surface area contributed by atoms with E-state index in [2.05, 4.69) is 5.32 Å². The van der Waals surface area contributed by atoms with Crippen LogP contribution in [0, 0.1) is 0 Å². The lowest BCUT2D eigenvalue weighted by molar-refractivity contribution is -0.119. The van der Waals surface area contributed by atoms with E-state index >= 15 is 0 Å². The van der Waals surface area contributed by atoms with Crippen molar-refractivity contribution in [2.45, 2.75) is 12.8 Å². The van der Waals surface area contributed by atoms with Gasteiger partial charge in [0.2, 0.25) is 15.9 Å². The van der Waals surface area contributed by atoms with E-state index in [1.54, 1.807) is 12.1 Å². The molecule has 0 aliphatic heterocycles. The Hall–Kier alpha value is -2.57. The van der Waals surface area contributed by atoms with E-state index < -0.39 is 10.0 Å². The number of halogens is 1. The number of nitrogens with one attached hydrogen (secondary N) is 1. The highest BCUT2D eigenvalue weighted by molar-refractivity contribution is 7.92. The number of carbonyl (C=O) groups excluding carboxylic acids is 1. The minimum absolute atomic E-state index is 0.265. The molecule has 0 saturated heterocycles. The van der Waals surface area contributed by atoms with Gasteiger partial charge in [-0.25, -0.2) is 8.42 Å². The SMILES string of the molecule is CS(=O)(=O)N(CC(=O)NCCCc1ccccc1Cl)c1cccc2ccccc12. The van der Waals surface area contributed by atoms with Gasteiger partial charge in [0.15, 0.2) is 0 Å². The van der Waals surface area contributed by atoms with Gasteiger partial charge in [-0.05, 0) is 35.9 Å². The topological polar surface area (TPSA) is 66.5 Å². The maximum atomic E-state index is 12.4. The number of benzene rings is 3. The normalized spacial score (nSPS) is 11.4. The van der Waals surface area contributed by atoms with Gasteiger partial charge >= 0.3 is 0 Å². The summed E-state index contributed by atoms with van der Waals surface area (Å²) < 4.78 is 25.9. The second-order valence-corrected chi connectivity index (χ2v) is 9.13. The zero-order chi connectivity index (χ0) is 20.9. The molecule has 0 bridgehead atoms. The molecule has 0 saturated carbocycles. The summed E-state index contributed by atoms with van der Waals surface area (Å²) in [5.41, 5.74) is 1.52. The summed E-state index contributed by atoms with van der Waals surface area (Å²) in [6.07, 6.45) is 2.56. The third-order valence-electron chi connectivity index (χ3n) is 4.63. The zero-order valence-electron chi connectivity index (χ0n) is 16.1. The lowest BCUT2D eigenvalue weighted by Gasteiger charge is -2.23. The fraction of sp³-hybridized carbons (Fsp3) is 0.227. The van der Waals surface area contributed by atoms with Gasteiger partial charge in [-0.3, -0.25) is 9.10 Å². The van der Waals surface area contributed by atoms with Crippen molar-refractivity contribution in [2.75, 3.05) is 23.7 Å². The first-order valence-corrected chi connectivity index (χ1v) is 11.5. The van der Waals surface area contributed by atoms with Crippen molar-refractivity contribution in [2.24, 2.45) is 0 Å². The molecule has 1 amide bonds. The number of hydrogen-bond donors (Lipinski definition) is 1. The van der Waals surface area contributed by atoms with Crippen LogP contribution in [0.5, 0.6) is 0 Å². The Kier molecular flexibility index (Phi) is 6.77. The summed E-state index contributed by atoms with van der Waals surface area (Å²) >= 11 is 6.14. The van der Waals surface area contributed by atoms with Gasteiger partial charge in [-0.15, -0.1) is 0 Å². The molecular formula is C22H23ClN2O3S. The number of amides is 1. The average Bonchev–Trinajstić information content (AvgIpc) is 2.69. The molecule has 0 aliphatic carbocycles.